The second-order valence-corrected chi connectivity index (χ2v) is 6.55. The minimum Gasteiger partial charge on any atom is -0.493 e. The first-order valence-electron chi connectivity index (χ1n) is 8.53. The molecular formula is C19H27N3O2S. The lowest BCUT2D eigenvalue weighted by Crippen LogP contribution is -2.37. The topological polar surface area (TPSA) is 54.9 Å². The fraction of sp³-hybridized carbons (Fsp3) is 0.421. The van der Waals surface area contributed by atoms with E-state index in [-0.39, 0.29) is 0 Å². The third kappa shape index (κ3) is 6.31. The minimum absolute atomic E-state index is 0.670. The van der Waals surface area contributed by atoms with E-state index in [1.54, 1.807) is 25.5 Å². The van der Waals surface area contributed by atoms with E-state index in [0.717, 1.165) is 42.4 Å². The van der Waals surface area contributed by atoms with Gasteiger partial charge in [0.1, 0.15) is 0 Å². The number of aliphatic imine (C=N–C) groups is 1. The van der Waals surface area contributed by atoms with Gasteiger partial charge >= 0.3 is 0 Å². The zero-order valence-electron chi connectivity index (χ0n) is 15.2. The standard InChI is InChI=1S/C19H27N3O2S/c1-4-11-24-17-8-7-15(13-18(17)23-3)14-22-19(20-2)21-10-9-16-6-5-12-25-16/h5-8,12-13H,4,9-11,14H2,1-3H3,(H2,20,21,22). The molecule has 0 aliphatic rings. The van der Waals surface area contributed by atoms with Crippen molar-refractivity contribution in [1.82, 2.24) is 10.6 Å². The predicted octanol–water partition coefficient (Wildman–Crippen LogP) is 3.45. The highest BCUT2D eigenvalue weighted by molar-refractivity contribution is 7.09. The number of benzene rings is 1. The number of methoxy groups -OCH3 is 1. The molecule has 0 radical (unpaired) electrons. The van der Waals surface area contributed by atoms with Crippen molar-refractivity contribution >= 4 is 17.3 Å². The highest BCUT2D eigenvalue weighted by Crippen LogP contribution is 2.28. The number of ether oxygens (including phenoxy) is 2. The molecule has 2 rings (SSSR count). The normalized spacial score (nSPS) is 11.2. The Labute approximate surface area is 154 Å². The fourth-order valence-corrected chi connectivity index (χ4v) is 3.03. The quantitative estimate of drug-likeness (QED) is 0.531. The number of nitrogens with one attached hydrogen (secondary N) is 2. The molecular weight excluding hydrogens is 334 g/mol. The van der Waals surface area contributed by atoms with Crippen molar-refractivity contribution < 1.29 is 9.47 Å². The molecule has 0 bridgehead atoms. The number of hydrogen-bond donors (Lipinski definition) is 2. The lowest BCUT2D eigenvalue weighted by molar-refractivity contribution is 0.294. The molecule has 5 nitrogen and oxygen atoms in total. The van der Waals surface area contributed by atoms with E-state index in [2.05, 4.69) is 40.1 Å². The molecule has 0 amide bonds. The summed E-state index contributed by atoms with van der Waals surface area (Å²) in [5.74, 6) is 2.33. The van der Waals surface area contributed by atoms with Gasteiger partial charge in [0, 0.05) is 25.0 Å². The number of hydrogen-bond acceptors (Lipinski definition) is 4. The van der Waals surface area contributed by atoms with Crippen molar-refractivity contribution in [2.75, 3.05) is 27.3 Å². The van der Waals surface area contributed by atoms with Crippen molar-refractivity contribution in [1.29, 1.82) is 0 Å². The van der Waals surface area contributed by atoms with Gasteiger partial charge in [0.05, 0.1) is 13.7 Å². The summed E-state index contributed by atoms with van der Waals surface area (Å²) in [6.07, 6.45) is 1.97. The van der Waals surface area contributed by atoms with Crippen LogP contribution >= 0.6 is 11.3 Å². The largest absolute Gasteiger partial charge is 0.493 e. The first-order chi connectivity index (χ1) is 12.3. The van der Waals surface area contributed by atoms with Gasteiger partial charge in [0.15, 0.2) is 17.5 Å². The van der Waals surface area contributed by atoms with Crippen LogP contribution in [0.2, 0.25) is 0 Å². The second kappa shape index (κ2) is 10.6. The smallest absolute Gasteiger partial charge is 0.191 e. The zero-order valence-corrected chi connectivity index (χ0v) is 16.0. The Morgan fingerprint density at radius 2 is 2.08 bits per heavy atom. The van der Waals surface area contributed by atoms with E-state index >= 15 is 0 Å². The summed E-state index contributed by atoms with van der Waals surface area (Å²) in [7, 11) is 3.44. The average Bonchev–Trinajstić information content (AvgIpc) is 3.16. The second-order valence-electron chi connectivity index (χ2n) is 5.52. The molecule has 0 fully saturated rings. The molecule has 0 aliphatic carbocycles. The molecule has 2 N–H and O–H groups in total. The van der Waals surface area contributed by atoms with Gasteiger partial charge in [-0.15, -0.1) is 11.3 Å². The van der Waals surface area contributed by atoms with Gasteiger partial charge in [0.2, 0.25) is 0 Å². The van der Waals surface area contributed by atoms with Gasteiger partial charge in [-0.3, -0.25) is 4.99 Å². The van der Waals surface area contributed by atoms with E-state index in [9.17, 15) is 0 Å². The number of guanidine groups is 1. The van der Waals surface area contributed by atoms with Gasteiger partial charge in [-0.25, -0.2) is 0 Å². The van der Waals surface area contributed by atoms with Gasteiger partial charge < -0.3 is 20.1 Å². The SMILES string of the molecule is CCCOc1ccc(CNC(=NC)NCCc2cccs2)cc1OC. The van der Waals surface area contributed by atoms with Crippen molar-refractivity contribution in [3.8, 4) is 11.5 Å². The first kappa shape index (κ1) is 19.1. The molecule has 25 heavy (non-hydrogen) atoms. The van der Waals surface area contributed by atoms with E-state index in [1.807, 2.05) is 18.2 Å². The summed E-state index contributed by atoms with van der Waals surface area (Å²) in [6, 6.07) is 10.2. The van der Waals surface area contributed by atoms with Crippen LogP contribution in [0.1, 0.15) is 23.8 Å². The molecule has 0 atom stereocenters. The highest BCUT2D eigenvalue weighted by atomic mass is 32.1. The molecule has 0 spiro atoms. The van der Waals surface area contributed by atoms with Gasteiger partial charge in [-0.2, -0.15) is 0 Å². The van der Waals surface area contributed by atoms with Crippen LogP contribution in [0.3, 0.4) is 0 Å². The van der Waals surface area contributed by atoms with Crippen LogP contribution in [0.5, 0.6) is 11.5 Å². The fourth-order valence-electron chi connectivity index (χ4n) is 2.32. The maximum Gasteiger partial charge on any atom is 0.191 e. The Morgan fingerprint density at radius 1 is 1.20 bits per heavy atom. The van der Waals surface area contributed by atoms with E-state index in [1.165, 1.54) is 4.88 Å². The third-order valence-electron chi connectivity index (χ3n) is 3.62. The minimum atomic E-state index is 0.670. The summed E-state index contributed by atoms with van der Waals surface area (Å²) in [5.41, 5.74) is 1.11. The molecule has 0 aliphatic heterocycles. The molecule has 1 aromatic carbocycles. The number of rotatable bonds is 9. The molecule has 0 saturated carbocycles. The van der Waals surface area contributed by atoms with Gasteiger partial charge in [0.25, 0.3) is 0 Å². The van der Waals surface area contributed by atoms with Crippen LogP contribution in [-0.4, -0.2) is 33.3 Å². The van der Waals surface area contributed by atoms with Crippen LogP contribution in [0.15, 0.2) is 40.7 Å². The molecule has 2 aromatic rings. The molecule has 136 valence electrons. The van der Waals surface area contributed by atoms with Crippen LogP contribution in [0.4, 0.5) is 0 Å². The summed E-state index contributed by atoms with van der Waals surface area (Å²) >= 11 is 1.78. The van der Waals surface area contributed by atoms with Crippen LogP contribution < -0.4 is 20.1 Å². The Morgan fingerprint density at radius 3 is 2.76 bits per heavy atom. The van der Waals surface area contributed by atoms with Gasteiger partial charge in [-0.05, 0) is 42.0 Å². The maximum absolute atomic E-state index is 5.69. The Hall–Kier alpha value is -2.21. The van der Waals surface area contributed by atoms with E-state index in [0.29, 0.717) is 13.2 Å². The monoisotopic (exact) mass is 361 g/mol. The Balaban J connectivity index is 1.83. The van der Waals surface area contributed by atoms with Crippen molar-refractivity contribution in [2.45, 2.75) is 26.3 Å². The summed E-state index contributed by atoms with van der Waals surface area (Å²) in [5, 5.41) is 8.76. The van der Waals surface area contributed by atoms with Crippen LogP contribution in [-0.2, 0) is 13.0 Å². The average molecular weight is 362 g/mol. The van der Waals surface area contributed by atoms with Crippen molar-refractivity contribution in [2.24, 2.45) is 4.99 Å². The zero-order chi connectivity index (χ0) is 17.9. The lowest BCUT2D eigenvalue weighted by atomic mass is 10.2. The number of nitrogens with zero attached hydrogens (tertiary/aromatic N) is 1. The lowest BCUT2D eigenvalue weighted by Gasteiger charge is -2.14. The van der Waals surface area contributed by atoms with Crippen molar-refractivity contribution in [3.63, 3.8) is 0 Å². The molecule has 0 unspecified atom stereocenters. The van der Waals surface area contributed by atoms with Crippen LogP contribution in [0.25, 0.3) is 0 Å². The van der Waals surface area contributed by atoms with E-state index < -0.39 is 0 Å². The first-order valence-corrected chi connectivity index (χ1v) is 9.41. The third-order valence-corrected chi connectivity index (χ3v) is 4.55. The van der Waals surface area contributed by atoms with E-state index in [4.69, 9.17) is 9.47 Å². The Kier molecular flexibility index (Phi) is 8.12. The van der Waals surface area contributed by atoms with Crippen molar-refractivity contribution in [3.05, 3.63) is 46.2 Å². The molecule has 1 heterocycles. The molecule has 1 aromatic heterocycles. The van der Waals surface area contributed by atoms with Gasteiger partial charge in [-0.1, -0.05) is 19.1 Å². The summed E-state index contributed by atoms with van der Waals surface area (Å²) in [4.78, 5) is 5.64. The highest BCUT2D eigenvalue weighted by Gasteiger charge is 2.06. The molecule has 6 heteroatoms. The Bertz CT molecular complexity index is 657. The predicted molar refractivity (Wildman–Crippen MR) is 105 cm³/mol. The maximum atomic E-state index is 5.69. The summed E-state index contributed by atoms with van der Waals surface area (Å²) in [6.45, 7) is 4.30. The van der Waals surface area contributed by atoms with Crippen LogP contribution in [0, 0.1) is 0 Å². The number of thiophene rings is 1. The molecule has 0 saturated heterocycles. The summed E-state index contributed by atoms with van der Waals surface area (Å²) < 4.78 is 11.1.